The Balaban J connectivity index is 2.32. The molecule has 104 valence electrons. The summed E-state index contributed by atoms with van der Waals surface area (Å²) in [5.74, 6) is -0.468. The van der Waals surface area contributed by atoms with Crippen molar-refractivity contribution in [2.75, 3.05) is 0 Å². The number of carbonyl (C=O) groups is 1. The maximum atomic E-state index is 11.5. The molecule has 5 nitrogen and oxygen atoms in total. The summed E-state index contributed by atoms with van der Waals surface area (Å²) in [4.78, 5) is 22.9. The molecular formula is C15H14O5. The average Bonchev–Trinajstić information content (AvgIpc) is 2.34. The molecule has 0 aliphatic rings. The van der Waals surface area contributed by atoms with Crippen LogP contribution in [-0.2, 0) is 16.1 Å². The van der Waals surface area contributed by atoms with Gasteiger partial charge in [0.25, 0.3) is 0 Å². The van der Waals surface area contributed by atoms with E-state index in [1.54, 1.807) is 19.9 Å². The molecule has 0 bridgehead atoms. The smallest absolute Gasteiger partial charge is 0.336 e. The first kappa shape index (κ1) is 13.9. The molecule has 0 aliphatic carbocycles. The van der Waals surface area contributed by atoms with Gasteiger partial charge in [-0.3, -0.25) is 0 Å². The second-order valence-electron chi connectivity index (χ2n) is 4.60. The number of phenolic OH excluding ortho intramolecular Hbond substituents is 1. The predicted octanol–water partition coefficient (Wildman–Crippen LogP) is 2.51. The molecule has 0 aliphatic heterocycles. The van der Waals surface area contributed by atoms with Gasteiger partial charge in [-0.1, -0.05) is 5.57 Å². The number of benzene rings is 1. The number of aromatic hydroxyl groups is 1. The van der Waals surface area contributed by atoms with Crippen molar-refractivity contribution >= 4 is 16.9 Å². The van der Waals surface area contributed by atoms with Crippen molar-refractivity contribution in [2.45, 2.75) is 20.5 Å². The van der Waals surface area contributed by atoms with Crippen LogP contribution in [0.1, 0.15) is 19.4 Å². The van der Waals surface area contributed by atoms with E-state index in [9.17, 15) is 14.7 Å². The summed E-state index contributed by atoms with van der Waals surface area (Å²) in [6.45, 7) is 3.54. The van der Waals surface area contributed by atoms with E-state index < -0.39 is 11.6 Å². The monoisotopic (exact) mass is 274 g/mol. The molecule has 20 heavy (non-hydrogen) atoms. The van der Waals surface area contributed by atoms with Crippen molar-refractivity contribution < 1.29 is 19.1 Å². The Kier molecular flexibility index (Phi) is 3.89. The summed E-state index contributed by atoms with van der Waals surface area (Å²) in [5.41, 5.74) is 1.06. The molecular weight excluding hydrogens is 260 g/mol. The van der Waals surface area contributed by atoms with Crippen LogP contribution in [0.25, 0.3) is 11.0 Å². The summed E-state index contributed by atoms with van der Waals surface area (Å²) in [5, 5.41) is 9.99. The fourth-order valence-electron chi connectivity index (χ4n) is 1.76. The maximum Gasteiger partial charge on any atom is 0.336 e. The third kappa shape index (κ3) is 3.26. The van der Waals surface area contributed by atoms with E-state index in [1.165, 1.54) is 24.3 Å². The first-order valence-electron chi connectivity index (χ1n) is 6.03. The molecule has 0 fully saturated rings. The second-order valence-corrected chi connectivity index (χ2v) is 4.60. The van der Waals surface area contributed by atoms with Gasteiger partial charge >= 0.3 is 11.6 Å². The standard InChI is InChI=1S/C15H14O5/c1-9(2)5-14(17)19-8-10-6-15(18)20-13-7-11(16)3-4-12(10)13/h3-7,16H,8H2,1-2H3. The van der Waals surface area contributed by atoms with Crippen molar-refractivity contribution in [1.82, 2.24) is 0 Å². The molecule has 0 saturated heterocycles. The van der Waals surface area contributed by atoms with E-state index in [0.29, 0.717) is 10.9 Å². The maximum absolute atomic E-state index is 11.5. The van der Waals surface area contributed by atoms with Crippen LogP contribution in [0, 0.1) is 0 Å². The third-order valence-corrected chi connectivity index (χ3v) is 2.59. The molecule has 1 heterocycles. The van der Waals surface area contributed by atoms with Crippen molar-refractivity contribution in [2.24, 2.45) is 0 Å². The highest BCUT2D eigenvalue weighted by Gasteiger charge is 2.08. The van der Waals surface area contributed by atoms with Gasteiger partial charge in [0.15, 0.2) is 0 Å². The summed E-state index contributed by atoms with van der Waals surface area (Å²) in [6.07, 6.45) is 1.37. The fraction of sp³-hybridized carbons (Fsp3) is 0.200. The molecule has 1 aromatic heterocycles. The Hall–Kier alpha value is -2.56. The average molecular weight is 274 g/mol. The van der Waals surface area contributed by atoms with Gasteiger partial charge in [-0.05, 0) is 26.0 Å². The largest absolute Gasteiger partial charge is 0.508 e. The third-order valence-electron chi connectivity index (χ3n) is 2.59. The Morgan fingerprint density at radius 2 is 2.10 bits per heavy atom. The van der Waals surface area contributed by atoms with Gasteiger partial charge in [0.1, 0.15) is 17.9 Å². The van der Waals surface area contributed by atoms with Crippen molar-refractivity contribution in [3.8, 4) is 5.75 Å². The van der Waals surface area contributed by atoms with Gasteiger partial charge in [-0.25, -0.2) is 9.59 Å². The highest BCUT2D eigenvalue weighted by molar-refractivity contribution is 5.84. The van der Waals surface area contributed by atoms with Crippen molar-refractivity contribution in [3.63, 3.8) is 0 Å². The van der Waals surface area contributed by atoms with Gasteiger partial charge in [-0.15, -0.1) is 0 Å². The minimum absolute atomic E-state index is 0.000615. The highest BCUT2D eigenvalue weighted by Crippen LogP contribution is 2.22. The minimum Gasteiger partial charge on any atom is -0.508 e. The Bertz CT molecular complexity index is 736. The van der Waals surface area contributed by atoms with E-state index in [1.807, 2.05) is 0 Å². The van der Waals surface area contributed by atoms with E-state index in [2.05, 4.69) is 0 Å². The van der Waals surface area contributed by atoms with Gasteiger partial charge in [0, 0.05) is 29.2 Å². The number of rotatable bonds is 3. The molecule has 5 heteroatoms. The Labute approximate surface area is 115 Å². The topological polar surface area (TPSA) is 76.7 Å². The molecule has 1 N–H and O–H groups in total. The van der Waals surface area contributed by atoms with Crippen molar-refractivity contribution in [1.29, 1.82) is 0 Å². The first-order chi connectivity index (χ1) is 9.45. The lowest BCUT2D eigenvalue weighted by Gasteiger charge is -2.06. The van der Waals surface area contributed by atoms with Crippen molar-refractivity contribution in [3.05, 3.63) is 51.9 Å². The number of ether oxygens (including phenoxy) is 1. The lowest BCUT2D eigenvalue weighted by molar-refractivity contribution is -0.139. The SMILES string of the molecule is CC(C)=CC(=O)OCc1cc(=O)oc2cc(O)ccc12. The molecule has 0 amide bonds. The number of allylic oxidation sites excluding steroid dienone is 1. The number of phenols is 1. The summed E-state index contributed by atoms with van der Waals surface area (Å²) in [6, 6.07) is 5.70. The number of esters is 1. The zero-order chi connectivity index (χ0) is 14.7. The number of hydrogen-bond acceptors (Lipinski definition) is 5. The molecule has 0 saturated carbocycles. The van der Waals surface area contributed by atoms with Crippen LogP contribution in [0.5, 0.6) is 5.75 Å². The lowest BCUT2D eigenvalue weighted by atomic mass is 10.1. The lowest BCUT2D eigenvalue weighted by Crippen LogP contribution is -2.05. The van der Waals surface area contributed by atoms with Crippen LogP contribution in [0.4, 0.5) is 0 Å². The van der Waals surface area contributed by atoms with Gasteiger partial charge in [-0.2, -0.15) is 0 Å². The zero-order valence-corrected chi connectivity index (χ0v) is 11.2. The fourth-order valence-corrected chi connectivity index (χ4v) is 1.76. The van der Waals surface area contributed by atoms with Crippen LogP contribution in [0.3, 0.4) is 0 Å². The minimum atomic E-state index is -0.559. The van der Waals surface area contributed by atoms with E-state index >= 15 is 0 Å². The molecule has 0 spiro atoms. The molecule has 0 unspecified atom stereocenters. The zero-order valence-electron chi connectivity index (χ0n) is 11.2. The molecule has 0 atom stereocenters. The van der Waals surface area contributed by atoms with Crippen LogP contribution in [0.15, 0.2) is 45.1 Å². The van der Waals surface area contributed by atoms with Gasteiger partial charge in [0.2, 0.25) is 0 Å². The highest BCUT2D eigenvalue weighted by atomic mass is 16.5. The normalized spacial score (nSPS) is 10.3. The van der Waals surface area contributed by atoms with Crippen LogP contribution in [0.2, 0.25) is 0 Å². The second kappa shape index (κ2) is 5.61. The quantitative estimate of drug-likeness (QED) is 0.528. The molecule has 0 radical (unpaired) electrons. The molecule has 2 aromatic rings. The van der Waals surface area contributed by atoms with E-state index in [4.69, 9.17) is 9.15 Å². The Morgan fingerprint density at radius 3 is 2.80 bits per heavy atom. The number of fused-ring (bicyclic) bond motifs is 1. The van der Waals surface area contributed by atoms with Crippen LogP contribution >= 0.6 is 0 Å². The molecule has 1 aromatic carbocycles. The number of carbonyl (C=O) groups excluding carboxylic acids is 1. The summed E-state index contributed by atoms with van der Waals surface area (Å²) < 4.78 is 10.1. The molecule has 2 rings (SSSR count). The van der Waals surface area contributed by atoms with E-state index in [0.717, 1.165) is 5.57 Å². The van der Waals surface area contributed by atoms with E-state index in [-0.39, 0.29) is 17.9 Å². The van der Waals surface area contributed by atoms with Crippen LogP contribution < -0.4 is 5.63 Å². The summed E-state index contributed by atoms with van der Waals surface area (Å²) >= 11 is 0. The number of hydrogen-bond donors (Lipinski definition) is 1. The van der Waals surface area contributed by atoms with Crippen LogP contribution in [-0.4, -0.2) is 11.1 Å². The summed E-state index contributed by atoms with van der Waals surface area (Å²) in [7, 11) is 0. The Morgan fingerprint density at radius 1 is 1.35 bits per heavy atom. The first-order valence-corrected chi connectivity index (χ1v) is 6.03. The van der Waals surface area contributed by atoms with Gasteiger partial charge in [0.05, 0.1) is 0 Å². The predicted molar refractivity (Wildman–Crippen MR) is 73.4 cm³/mol. The van der Waals surface area contributed by atoms with Gasteiger partial charge < -0.3 is 14.3 Å².